The second-order valence-electron chi connectivity index (χ2n) is 11.3. The van der Waals surface area contributed by atoms with Crippen molar-refractivity contribution < 1.29 is 4.79 Å². The molecule has 7 nitrogen and oxygen atoms in total. The summed E-state index contributed by atoms with van der Waals surface area (Å²) < 4.78 is 1.80. The molecule has 3 N–H and O–H groups in total. The summed E-state index contributed by atoms with van der Waals surface area (Å²) in [6, 6.07) is 7.45. The Hall–Kier alpha value is -2.54. The fourth-order valence-electron chi connectivity index (χ4n) is 5.22. The first-order valence-corrected chi connectivity index (χ1v) is 16.1. The average molecular weight is 571 g/mol. The second kappa shape index (κ2) is 18.0. The minimum atomic E-state index is -0.0984. The number of halogens is 1. The lowest BCUT2D eigenvalue weighted by Crippen LogP contribution is -2.24. The van der Waals surface area contributed by atoms with Crippen LogP contribution in [0, 0.1) is 6.92 Å². The highest BCUT2D eigenvalue weighted by atomic mass is 35.5. The number of nitrogens with one attached hydrogen (secondary N) is 3. The smallest absolute Gasteiger partial charge is 0.251 e. The van der Waals surface area contributed by atoms with E-state index in [4.69, 9.17) is 11.6 Å². The van der Waals surface area contributed by atoms with Crippen LogP contribution >= 0.6 is 11.6 Å². The molecule has 0 saturated heterocycles. The fourth-order valence-corrected chi connectivity index (χ4v) is 5.39. The van der Waals surface area contributed by atoms with Gasteiger partial charge in [-0.15, -0.1) is 10.2 Å². The number of rotatable bonds is 21. The summed E-state index contributed by atoms with van der Waals surface area (Å²) in [4.78, 5) is 12.5. The number of amides is 1. The van der Waals surface area contributed by atoms with E-state index in [9.17, 15) is 4.79 Å². The number of benzene rings is 1. The van der Waals surface area contributed by atoms with Crippen LogP contribution < -0.4 is 10.6 Å². The van der Waals surface area contributed by atoms with Gasteiger partial charge in [0.2, 0.25) is 0 Å². The van der Waals surface area contributed by atoms with Gasteiger partial charge in [0, 0.05) is 17.8 Å². The van der Waals surface area contributed by atoms with Crippen molar-refractivity contribution in [3.8, 4) is 0 Å². The Balaban J connectivity index is 1.20. The number of aromatic amines is 1. The first kappa shape index (κ1) is 32.0. The van der Waals surface area contributed by atoms with Crippen molar-refractivity contribution in [2.45, 2.75) is 130 Å². The summed E-state index contributed by atoms with van der Waals surface area (Å²) in [7, 11) is 0. The molecule has 0 spiro atoms. The topological polar surface area (TPSA) is 87.1 Å². The standard InChI is InChI=1S/C32H51ClN6O/c1-4-5-6-7-8-9-10-11-12-13-14-15-16-17-18-19-24-34-32(40)27-20-22-28(23-21-27)35-26(3)30-36-37-31-29(33)25(2)38-39(30)31/h20-23,26,35,38H,4-19,24H2,1-3H3,(H,34,40). The molecule has 3 aromatic rings. The van der Waals surface area contributed by atoms with Crippen LogP contribution in [0.5, 0.6) is 0 Å². The van der Waals surface area contributed by atoms with Crippen LogP contribution in [-0.4, -0.2) is 32.3 Å². The Morgan fingerprint density at radius 2 is 1.38 bits per heavy atom. The minimum Gasteiger partial charge on any atom is -0.375 e. The Kier molecular flexibility index (Phi) is 14.4. The zero-order chi connectivity index (χ0) is 28.6. The predicted molar refractivity (Wildman–Crippen MR) is 167 cm³/mol. The molecule has 1 unspecified atom stereocenters. The number of carbonyl (C=O) groups is 1. The van der Waals surface area contributed by atoms with Gasteiger partial charge in [-0.2, -0.15) is 0 Å². The summed E-state index contributed by atoms with van der Waals surface area (Å²) in [5, 5.41) is 18.7. The van der Waals surface area contributed by atoms with Crippen LogP contribution in [0.3, 0.4) is 0 Å². The van der Waals surface area contributed by atoms with Crippen molar-refractivity contribution in [2.24, 2.45) is 0 Å². The average Bonchev–Trinajstić information content (AvgIpc) is 3.49. The summed E-state index contributed by atoms with van der Waals surface area (Å²) in [6.07, 6.45) is 21.6. The van der Waals surface area contributed by atoms with Crippen LogP contribution in [-0.2, 0) is 0 Å². The normalized spacial score (nSPS) is 12.2. The van der Waals surface area contributed by atoms with Gasteiger partial charge >= 0.3 is 0 Å². The SMILES string of the molecule is CCCCCCCCCCCCCCCCCCNC(=O)c1ccc(NC(C)c2nnc3c(Cl)c(C)[nH]n23)cc1. The Morgan fingerprint density at radius 1 is 0.850 bits per heavy atom. The van der Waals surface area contributed by atoms with Crippen LogP contribution in [0.1, 0.15) is 144 Å². The molecule has 0 aliphatic carbocycles. The number of aromatic nitrogens is 4. The number of hydrogen-bond acceptors (Lipinski definition) is 4. The fraction of sp³-hybridized carbons (Fsp3) is 0.656. The van der Waals surface area contributed by atoms with E-state index in [0.29, 0.717) is 16.2 Å². The number of carbonyl (C=O) groups excluding carboxylic acids is 1. The molecule has 2 heterocycles. The van der Waals surface area contributed by atoms with Crippen molar-refractivity contribution in [3.63, 3.8) is 0 Å². The largest absolute Gasteiger partial charge is 0.375 e. The van der Waals surface area contributed by atoms with Crippen LogP contribution in [0.25, 0.3) is 5.65 Å². The van der Waals surface area contributed by atoms with Gasteiger partial charge in [-0.05, 0) is 44.5 Å². The van der Waals surface area contributed by atoms with E-state index in [-0.39, 0.29) is 11.9 Å². The zero-order valence-electron chi connectivity index (χ0n) is 25.0. The molecule has 3 rings (SSSR count). The minimum absolute atomic E-state index is 0.0174. The molecule has 1 aromatic carbocycles. The highest BCUT2D eigenvalue weighted by molar-refractivity contribution is 6.34. The van der Waals surface area contributed by atoms with E-state index in [0.717, 1.165) is 30.2 Å². The highest BCUT2D eigenvalue weighted by Gasteiger charge is 2.18. The molecule has 0 saturated carbocycles. The van der Waals surface area contributed by atoms with Gasteiger partial charge in [0.15, 0.2) is 11.5 Å². The third-order valence-corrected chi connectivity index (χ3v) is 8.18. The van der Waals surface area contributed by atoms with Crippen molar-refractivity contribution in [3.05, 3.63) is 46.4 Å². The van der Waals surface area contributed by atoms with Crippen molar-refractivity contribution in [2.75, 3.05) is 11.9 Å². The van der Waals surface area contributed by atoms with E-state index in [1.54, 1.807) is 4.52 Å². The maximum absolute atomic E-state index is 12.5. The second-order valence-corrected chi connectivity index (χ2v) is 11.6. The van der Waals surface area contributed by atoms with E-state index >= 15 is 0 Å². The van der Waals surface area contributed by atoms with Crippen molar-refractivity contribution >= 4 is 28.8 Å². The Morgan fingerprint density at radius 3 is 1.93 bits per heavy atom. The van der Waals surface area contributed by atoms with Gasteiger partial charge in [0.05, 0.1) is 11.7 Å². The van der Waals surface area contributed by atoms with E-state index in [1.807, 2.05) is 38.1 Å². The molecular weight excluding hydrogens is 520 g/mol. The molecule has 8 heteroatoms. The highest BCUT2D eigenvalue weighted by Crippen LogP contribution is 2.24. The summed E-state index contributed by atoms with van der Waals surface area (Å²) in [5.41, 5.74) is 3.06. The summed E-state index contributed by atoms with van der Waals surface area (Å²) in [6.45, 7) is 6.93. The number of aryl methyl sites for hydroxylation is 1. The predicted octanol–water partition coefficient (Wildman–Crippen LogP) is 9.18. The molecule has 222 valence electrons. The van der Waals surface area contributed by atoms with Gasteiger partial charge in [0.1, 0.15) is 5.02 Å². The molecule has 0 aliphatic rings. The van der Waals surface area contributed by atoms with Gasteiger partial charge in [-0.3, -0.25) is 9.89 Å². The van der Waals surface area contributed by atoms with Crippen LogP contribution in [0.4, 0.5) is 5.69 Å². The summed E-state index contributed by atoms with van der Waals surface area (Å²) >= 11 is 6.27. The maximum Gasteiger partial charge on any atom is 0.251 e. The lowest BCUT2D eigenvalue weighted by Gasteiger charge is -2.13. The van der Waals surface area contributed by atoms with Gasteiger partial charge in [-0.25, -0.2) is 4.52 Å². The van der Waals surface area contributed by atoms with E-state index in [1.165, 1.54) is 96.3 Å². The third-order valence-electron chi connectivity index (χ3n) is 7.73. The molecular formula is C32H51ClN6O. The first-order valence-electron chi connectivity index (χ1n) is 15.7. The lowest BCUT2D eigenvalue weighted by atomic mass is 10.0. The zero-order valence-corrected chi connectivity index (χ0v) is 25.8. The number of unbranched alkanes of at least 4 members (excludes halogenated alkanes) is 15. The van der Waals surface area contributed by atoms with E-state index < -0.39 is 0 Å². The molecule has 40 heavy (non-hydrogen) atoms. The first-order chi connectivity index (χ1) is 19.5. The van der Waals surface area contributed by atoms with Crippen molar-refractivity contribution in [1.29, 1.82) is 0 Å². The molecule has 0 radical (unpaired) electrons. The number of hydrogen-bond donors (Lipinski definition) is 3. The van der Waals surface area contributed by atoms with Crippen LogP contribution in [0.2, 0.25) is 5.02 Å². The van der Waals surface area contributed by atoms with E-state index in [2.05, 4.69) is 32.9 Å². The number of nitrogens with zero attached hydrogens (tertiary/aromatic N) is 3. The Labute approximate surface area is 246 Å². The number of H-pyrrole nitrogens is 1. The molecule has 0 aliphatic heterocycles. The van der Waals surface area contributed by atoms with Crippen LogP contribution in [0.15, 0.2) is 24.3 Å². The lowest BCUT2D eigenvalue weighted by molar-refractivity contribution is 0.0953. The third kappa shape index (κ3) is 10.5. The molecule has 1 amide bonds. The van der Waals surface area contributed by atoms with Gasteiger partial charge in [-0.1, -0.05) is 115 Å². The quantitative estimate of drug-likeness (QED) is 0.111. The molecule has 0 bridgehead atoms. The summed E-state index contributed by atoms with van der Waals surface area (Å²) in [5.74, 6) is 0.724. The number of fused-ring (bicyclic) bond motifs is 1. The Bertz CT molecular complexity index is 1120. The maximum atomic E-state index is 12.5. The van der Waals surface area contributed by atoms with Gasteiger partial charge < -0.3 is 10.6 Å². The number of anilines is 1. The molecule has 2 aromatic heterocycles. The monoisotopic (exact) mass is 570 g/mol. The molecule has 1 atom stereocenters. The van der Waals surface area contributed by atoms with Crippen molar-refractivity contribution in [1.82, 2.24) is 25.1 Å². The molecule has 0 fully saturated rings. The van der Waals surface area contributed by atoms with Gasteiger partial charge in [0.25, 0.3) is 5.91 Å².